The van der Waals surface area contributed by atoms with E-state index in [0.29, 0.717) is 12.2 Å². The van der Waals surface area contributed by atoms with Crippen molar-refractivity contribution in [2.75, 3.05) is 20.6 Å². The van der Waals surface area contributed by atoms with E-state index >= 15 is 0 Å². The third-order valence-electron chi connectivity index (χ3n) is 3.83. The molecule has 0 aliphatic rings. The molecule has 0 radical (unpaired) electrons. The Labute approximate surface area is 143 Å². The van der Waals surface area contributed by atoms with Crippen molar-refractivity contribution in [3.63, 3.8) is 0 Å². The molecule has 0 saturated carbocycles. The minimum absolute atomic E-state index is 0.246. The fourth-order valence-corrected chi connectivity index (χ4v) is 2.87. The quantitative estimate of drug-likeness (QED) is 0.720. The number of benzene rings is 1. The van der Waals surface area contributed by atoms with Crippen molar-refractivity contribution in [1.82, 2.24) is 10.1 Å². The van der Waals surface area contributed by atoms with E-state index in [4.69, 9.17) is 9.26 Å². The number of carbonyl (C=O) groups is 1. The second-order valence-electron chi connectivity index (χ2n) is 6.93. The van der Waals surface area contributed by atoms with E-state index in [-0.39, 0.29) is 11.4 Å². The molecule has 0 bridgehead atoms. The van der Waals surface area contributed by atoms with E-state index in [2.05, 4.69) is 23.9 Å². The predicted octanol–water partition coefficient (Wildman–Crippen LogP) is 3.92. The molecule has 1 unspecified atom stereocenters. The summed E-state index contributed by atoms with van der Waals surface area (Å²) in [6, 6.07) is 11.7. The third kappa shape index (κ3) is 4.45. The summed E-state index contributed by atoms with van der Waals surface area (Å²) in [5.41, 5.74) is 1.39. The Morgan fingerprint density at radius 2 is 1.96 bits per heavy atom. The van der Waals surface area contributed by atoms with Gasteiger partial charge in [-0.05, 0) is 14.1 Å². The van der Waals surface area contributed by atoms with Gasteiger partial charge in [0, 0.05) is 30.0 Å². The molecule has 0 spiro atoms. The van der Waals surface area contributed by atoms with Gasteiger partial charge in [0.15, 0.2) is 11.9 Å². The SMILES string of the molecule is CCC(=O)OC(c1cc(-c2ccccc2)no1)C(C)(C)CN(C)C. The van der Waals surface area contributed by atoms with Crippen molar-refractivity contribution in [1.29, 1.82) is 0 Å². The average Bonchev–Trinajstić information content (AvgIpc) is 3.01. The van der Waals surface area contributed by atoms with Gasteiger partial charge in [0.1, 0.15) is 5.69 Å². The molecule has 1 aromatic heterocycles. The minimum atomic E-state index is -0.489. The van der Waals surface area contributed by atoms with Crippen LogP contribution >= 0.6 is 0 Å². The third-order valence-corrected chi connectivity index (χ3v) is 3.83. The zero-order valence-electron chi connectivity index (χ0n) is 15.1. The molecule has 0 fully saturated rings. The lowest BCUT2D eigenvalue weighted by atomic mass is 9.84. The molecule has 0 saturated heterocycles. The maximum absolute atomic E-state index is 11.9. The normalized spacial score (nSPS) is 13.1. The van der Waals surface area contributed by atoms with Crippen LogP contribution in [0.1, 0.15) is 39.1 Å². The van der Waals surface area contributed by atoms with E-state index in [9.17, 15) is 4.79 Å². The molecular weight excluding hydrogens is 304 g/mol. The molecule has 0 aliphatic heterocycles. The fraction of sp³-hybridized carbons (Fsp3) is 0.474. The first-order chi connectivity index (χ1) is 11.3. The topological polar surface area (TPSA) is 55.6 Å². The maximum Gasteiger partial charge on any atom is 0.306 e. The highest BCUT2D eigenvalue weighted by atomic mass is 16.6. The van der Waals surface area contributed by atoms with Gasteiger partial charge in [-0.25, -0.2) is 0 Å². The lowest BCUT2D eigenvalue weighted by Crippen LogP contribution is -2.36. The maximum atomic E-state index is 11.9. The smallest absolute Gasteiger partial charge is 0.306 e. The number of esters is 1. The molecule has 130 valence electrons. The summed E-state index contributed by atoms with van der Waals surface area (Å²) in [5.74, 6) is 0.326. The summed E-state index contributed by atoms with van der Waals surface area (Å²) in [6.45, 7) is 6.65. The van der Waals surface area contributed by atoms with Gasteiger partial charge in [-0.1, -0.05) is 56.3 Å². The van der Waals surface area contributed by atoms with Crippen LogP contribution in [0.4, 0.5) is 0 Å². The number of ether oxygens (including phenoxy) is 1. The molecule has 5 heteroatoms. The molecule has 1 atom stereocenters. The van der Waals surface area contributed by atoms with Crippen LogP contribution in [0.3, 0.4) is 0 Å². The summed E-state index contributed by atoms with van der Waals surface area (Å²) < 4.78 is 11.3. The van der Waals surface area contributed by atoms with Crippen LogP contribution in [0.25, 0.3) is 11.3 Å². The Balaban J connectivity index is 2.33. The van der Waals surface area contributed by atoms with Crippen molar-refractivity contribution >= 4 is 5.97 Å². The van der Waals surface area contributed by atoms with Crippen LogP contribution in [0.5, 0.6) is 0 Å². The molecule has 1 heterocycles. The van der Waals surface area contributed by atoms with Gasteiger partial charge in [-0.15, -0.1) is 0 Å². The van der Waals surface area contributed by atoms with Crippen LogP contribution in [0, 0.1) is 5.41 Å². The van der Waals surface area contributed by atoms with Crippen LogP contribution < -0.4 is 0 Å². The summed E-state index contributed by atoms with van der Waals surface area (Å²) in [6.07, 6.45) is -0.161. The highest BCUT2D eigenvalue weighted by Crippen LogP contribution is 2.38. The van der Waals surface area contributed by atoms with Crippen molar-refractivity contribution < 1.29 is 14.1 Å². The van der Waals surface area contributed by atoms with Crippen molar-refractivity contribution in [2.45, 2.75) is 33.3 Å². The van der Waals surface area contributed by atoms with Gasteiger partial charge >= 0.3 is 5.97 Å². The standard InChI is InChI=1S/C19H26N2O3/c1-6-17(22)23-18(19(2,3)13-21(4)5)16-12-15(20-24-16)14-10-8-7-9-11-14/h7-12,18H,6,13H2,1-5H3. The molecule has 5 nitrogen and oxygen atoms in total. The van der Waals surface area contributed by atoms with E-state index < -0.39 is 6.10 Å². The average molecular weight is 330 g/mol. The van der Waals surface area contributed by atoms with E-state index in [1.54, 1.807) is 6.92 Å². The highest BCUT2D eigenvalue weighted by molar-refractivity contribution is 5.69. The molecule has 0 N–H and O–H groups in total. The molecule has 1 aromatic carbocycles. The number of rotatable bonds is 7. The fourth-order valence-electron chi connectivity index (χ4n) is 2.87. The monoisotopic (exact) mass is 330 g/mol. The zero-order valence-corrected chi connectivity index (χ0v) is 15.1. The minimum Gasteiger partial charge on any atom is -0.453 e. The Morgan fingerprint density at radius 1 is 1.29 bits per heavy atom. The molecule has 2 rings (SSSR count). The van der Waals surface area contributed by atoms with Crippen LogP contribution in [-0.2, 0) is 9.53 Å². The number of aromatic nitrogens is 1. The van der Waals surface area contributed by atoms with E-state index in [1.807, 2.05) is 50.5 Å². The molecule has 24 heavy (non-hydrogen) atoms. The first-order valence-corrected chi connectivity index (χ1v) is 8.19. The van der Waals surface area contributed by atoms with Crippen molar-refractivity contribution in [2.24, 2.45) is 5.41 Å². The summed E-state index contributed by atoms with van der Waals surface area (Å²) in [7, 11) is 3.99. The van der Waals surface area contributed by atoms with Gasteiger partial charge in [0.25, 0.3) is 0 Å². The summed E-state index contributed by atoms with van der Waals surface area (Å²) >= 11 is 0. The van der Waals surface area contributed by atoms with Gasteiger partial charge in [-0.3, -0.25) is 4.79 Å². The van der Waals surface area contributed by atoms with Gasteiger partial charge in [0.05, 0.1) is 0 Å². The Hall–Kier alpha value is -2.14. The van der Waals surface area contributed by atoms with Crippen molar-refractivity contribution in [3.05, 3.63) is 42.2 Å². The second-order valence-corrected chi connectivity index (χ2v) is 6.93. The highest BCUT2D eigenvalue weighted by Gasteiger charge is 2.37. The lowest BCUT2D eigenvalue weighted by molar-refractivity contribution is -0.158. The van der Waals surface area contributed by atoms with Crippen LogP contribution in [0.15, 0.2) is 40.9 Å². The van der Waals surface area contributed by atoms with Gasteiger partial charge < -0.3 is 14.2 Å². The predicted molar refractivity (Wildman–Crippen MR) is 93.4 cm³/mol. The van der Waals surface area contributed by atoms with E-state index in [0.717, 1.165) is 17.8 Å². The number of hydrogen-bond acceptors (Lipinski definition) is 5. The summed E-state index contributed by atoms with van der Waals surface area (Å²) in [5, 5.41) is 4.15. The van der Waals surface area contributed by atoms with Crippen molar-refractivity contribution in [3.8, 4) is 11.3 Å². The largest absolute Gasteiger partial charge is 0.453 e. The summed E-state index contributed by atoms with van der Waals surface area (Å²) in [4.78, 5) is 14.0. The number of hydrogen-bond donors (Lipinski definition) is 0. The molecular formula is C19H26N2O3. The first kappa shape index (κ1) is 18.2. The number of carbonyl (C=O) groups excluding carboxylic acids is 1. The Kier molecular flexibility index (Phi) is 5.78. The molecule has 2 aromatic rings. The molecule has 0 aliphatic carbocycles. The van der Waals surface area contributed by atoms with E-state index in [1.165, 1.54) is 0 Å². The van der Waals surface area contributed by atoms with Crippen LogP contribution in [0.2, 0.25) is 0 Å². The second kappa shape index (κ2) is 7.62. The Morgan fingerprint density at radius 3 is 2.54 bits per heavy atom. The van der Waals surface area contributed by atoms with Gasteiger partial charge in [0.2, 0.25) is 0 Å². The molecule has 0 amide bonds. The van der Waals surface area contributed by atoms with Gasteiger partial charge in [-0.2, -0.15) is 0 Å². The lowest BCUT2D eigenvalue weighted by Gasteiger charge is -2.34. The zero-order chi connectivity index (χ0) is 17.7. The first-order valence-electron chi connectivity index (χ1n) is 8.19. The number of nitrogens with zero attached hydrogens (tertiary/aromatic N) is 2. The van der Waals surface area contributed by atoms with Crippen LogP contribution in [-0.4, -0.2) is 36.7 Å². The Bertz CT molecular complexity index is 662.